The summed E-state index contributed by atoms with van der Waals surface area (Å²) in [6.45, 7) is 7.49. The molecule has 0 saturated heterocycles. The van der Waals surface area contributed by atoms with E-state index in [1.54, 1.807) is 0 Å². The van der Waals surface area contributed by atoms with E-state index in [-0.39, 0.29) is 22.4 Å². The third kappa shape index (κ3) is 4.61. The van der Waals surface area contributed by atoms with E-state index in [1.165, 1.54) is 21.7 Å². The van der Waals surface area contributed by atoms with Gasteiger partial charge >= 0.3 is 0 Å². The van der Waals surface area contributed by atoms with Crippen LogP contribution in [0.3, 0.4) is 0 Å². The SMILES string of the molecule is C[Si](C)(C)C[P+](c1ccccc1)(c1ccccc1)c1ccccc1.[Au]. The quantitative estimate of drug-likeness (QED) is 0.317. The van der Waals surface area contributed by atoms with Crippen molar-refractivity contribution in [2.24, 2.45) is 0 Å². The van der Waals surface area contributed by atoms with Crippen molar-refractivity contribution in [3.05, 3.63) is 91.0 Å². The molecule has 0 bridgehead atoms. The Morgan fingerprint density at radius 1 is 0.560 bits per heavy atom. The van der Waals surface area contributed by atoms with Crippen molar-refractivity contribution >= 4 is 31.2 Å². The zero-order valence-corrected chi connectivity index (χ0v) is 19.2. The maximum atomic E-state index is 2.50. The molecule has 3 aromatic carbocycles. The minimum absolute atomic E-state index is 0. The molecule has 0 amide bonds. The van der Waals surface area contributed by atoms with Crippen LogP contribution < -0.4 is 15.9 Å². The summed E-state index contributed by atoms with van der Waals surface area (Å²) in [4.78, 5) is 0. The fraction of sp³-hybridized carbons (Fsp3) is 0.182. The van der Waals surface area contributed by atoms with Crippen LogP contribution in [0.2, 0.25) is 19.6 Å². The minimum Gasteiger partial charge on any atom is -0.0663 e. The van der Waals surface area contributed by atoms with Crippen molar-refractivity contribution in [3.8, 4) is 0 Å². The van der Waals surface area contributed by atoms with E-state index >= 15 is 0 Å². The molecule has 0 N–H and O–H groups in total. The predicted octanol–water partition coefficient (Wildman–Crippen LogP) is 4.86. The second-order valence-corrected chi connectivity index (χ2v) is 17.1. The summed E-state index contributed by atoms with van der Waals surface area (Å²) in [5.74, 6) is 1.30. The van der Waals surface area contributed by atoms with Gasteiger partial charge in [-0.05, 0) is 36.4 Å². The zero-order chi connectivity index (χ0) is 17.0. The van der Waals surface area contributed by atoms with Crippen molar-refractivity contribution in [1.29, 1.82) is 0 Å². The molecule has 0 unspecified atom stereocenters. The van der Waals surface area contributed by atoms with Gasteiger partial charge in [-0.3, -0.25) is 0 Å². The Morgan fingerprint density at radius 2 is 0.840 bits per heavy atom. The van der Waals surface area contributed by atoms with E-state index in [9.17, 15) is 0 Å². The summed E-state index contributed by atoms with van der Waals surface area (Å²) in [6, 6.07) is 33.6. The van der Waals surface area contributed by atoms with E-state index in [1.807, 2.05) is 0 Å². The molecule has 0 aliphatic carbocycles. The monoisotopic (exact) mass is 546 g/mol. The van der Waals surface area contributed by atoms with Gasteiger partial charge in [-0.1, -0.05) is 74.2 Å². The van der Waals surface area contributed by atoms with Gasteiger partial charge in [-0.2, -0.15) is 0 Å². The molecule has 0 saturated carbocycles. The van der Waals surface area contributed by atoms with Crippen LogP contribution in [0.5, 0.6) is 0 Å². The molecule has 3 rings (SSSR count). The molecule has 0 heterocycles. The average molecular weight is 546 g/mol. The molecule has 0 nitrogen and oxygen atoms in total. The van der Waals surface area contributed by atoms with Gasteiger partial charge in [0.2, 0.25) is 0 Å². The molecule has 0 aromatic heterocycles. The predicted molar refractivity (Wildman–Crippen MR) is 113 cm³/mol. The first kappa shape index (κ1) is 20.4. The Balaban J connectivity index is 0.00000225. The van der Waals surface area contributed by atoms with Gasteiger partial charge in [0, 0.05) is 22.4 Å². The summed E-state index contributed by atoms with van der Waals surface area (Å²) in [5.41, 5.74) is 0. The Bertz CT molecular complexity index is 671. The van der Waals surface area contributed by atoms with Gasteiger partial charge in [-0.15, -0.1) is 0 Å². The van der Waals surface area contributed by atoms with Crippen LogP contribution in [0.4, 0.5) is 0 Å². The first-order chi connectivity index (χ1) is 11.5. The first-order valence-electron chi connectivity index (χ1n) is 8.57. The smallest absolute Gasteiger partial charge is 0.0663 e. The fourth-order valence-electron chi connectivity index (χ4n) is 3.48. The molecule has 133 valence electrons. The third-order valence-electron chi connectivity index (χ3n) is 4.30. The van der Waals surface area contributed by atoms with E-state index in [0.29, 0.717) is 0 Å². The van der Waals surface area contributed by atoms with Gasteiger partial charge < -0.3 is 0 Å². The van der Waals surface area contributed by atoms with E-state index in [2.05, 4.69) is 111 Å². The van der Waals surface area contributed by atoms with Crippen molar-refractivity contribution < 1.29 is 22.4 Å². The van der Waals surface area contributed by atoms with Crippen LogP contribution >= 0.6 is 7.26 Å². The summed E-state index contributed by atoms with van der Waals surface area (Å²) >= 11 is 0. The number of benzene rings is 3. The number of hydrogen-bond acceptors (Lipinski definition) is 0. The van der Waals surface area contributed by atoms with Gasteiger partial charge in [0.15, 0.2) is 0 Å². The van der Waals surface area contributed by atoms with Crippen LogP contribution in [-0.4, -0.2) is 13.9 Å². The van der Waals surface area contributed by atoms with E-state index < -0.39 is 15.3 Å². The Kier molecular flexibility index (Phi) is 7.02. The second kappa shape index (κ2) is 8.62. The maximum Gasteiger partial charge on any atom is 0.108 e. The molecule has 1 radical (unpaired) electrons. The van der Waals surface area contributed by atoms with Crippen LogP contribution in [0.1, 0.15) is 0 Å². The molecule has 0 fully saturated rings. The maximum absolute atomic E-state index is 2.50. The Labute approximate surface area is 169 Å². The second-order valence-electron chi connectivity index (χ2n) is 7.54. The number of rotatable bonds is 5. The largest absolute Gasteiger partial charge is 0.108 e. The van der Waals surface area contributed by atoms with Crippen LogP contribution in [0.25, 0.3) is 0 Å². The molecule has 25 heavy (non-hydrogen) atoms. The molecular weight excluding hydrogens is 520 g/mol. The summed E-state index contributed by atoms with van der Waals surface area (Å²) in [5, 5.41) is 4.51. The molecule has 0 atom stereocenters. The Hall–Kier alpha value is -0.953. The summed E-state index contributed by atoms with van der Waals surface area (Å²) in [6.07, 6.45) is 0. The normalized spacial score (nSPS) is 11.6. The van der Waals surface area contributed by atoms with Crippen molar-refractivity contribution in [2.75, 3.05) is 5.79 Å². The number of hydrogen-bond donors (Lipinski definition) is 0. The van der Waals surface area contributed by atoms with Gasteiger partial charge in [-0.25, -0.2) is 0 Å². The Morgan fingerprint density at radius 3 is 1.08 bits per heavy atom. The first-order valence-corrected chi connectivity index (χ1v) is 14.3. The molecule has 0 aliphatic rings. The van der Waals surface area contributed by atoms with Crippen LogP contribution in [0.15, 0.2) is 91.0 Å². The van der Waals surface area contributed by atoms with E-state index in [4.69, 9.17) is 0 Å². The third-order valence-corrected chi connectivity index (χ3v) is 13.5. The van der Waals surface area contributed by atoms with Gasteiger partial charge in [0.25, 0.3) is 0 Å². The molecule has 0 spiro atoms. The van der Waals surface area contributed by atoms with Crippen molar-refractivity contribution in [1.82, 2.24) is 0 Å². The average Bonchev–Trinajstić information content (AvgIpc) is 2.61. The molecular formula is C22H26AuPSi+. The van der Waals surface area contributed by atoms with Crippen molar-refractivity contribution in [2.45, 2.75) is 19.6 Å². The summed E-state index contributed by atoms with van der Waals surface area (Å²) in [7, 11) is -2.90. The summed E-state index contributed by atoms with van der Waals surface area (Å²) < 4.78 is 0. The topological polar surface area (TPSA) is 0 Å². The van der Waals surface area contributed by atoms with Crippen molar-refractivity contribution in [3.63, 3.8) is 0 Å². The molecule has 3 heteroatoms. The fourth-order valence-corrected chi connectivity index (χ4v) is 14.3. The van der Waals surface area contributed by atoms with Gasteiger partial charge in [0.05, 0.1) is 13.9 Å². The zero-order valence-electron chi connectivity index (χ0n) is 15.1. The van der Waals surface area contributed by atoms with Crippen LogP contribution in [0, 0.1) is 0 Å². The van der Waals surface area contributed by atoms with Crippen LogP contribution in [-0.2, 0) is 22.4 Å². The van der Waals surface area contributed by atoms with Gasteiger partial charge in [0.1, 0.15) is 23.2 Å². The molecule has 0 aliphatic heterocycles. The van der Waals surface area contributed by atoms with E-state index in [0.717, 1.165) is 0 Å². The minimum atomic E-state index is -1.61. The molecule has 3 aromatic rings. The standard InChI is InChI=1S/C22H26PSi.Au/c1-24(2,3)19-23(20-13-7-4-8-14-20,21-15-9-5-10-16-21)22-17-11-6-12-18-22;/h4-18H,19H2,1-3H3;/q+1;.